The number of aryl methyl sites for hydroxylation is 2. The number of alkyl halides is 3. The average molecular weight is 438 g/mol. The lowest BCUT2D eigenvalue weighted by Gasteiger charge is -2.09. The molecule has 4 rings (SSSR count). The summed E-state index contributed by atoms with van der Waals surface area (Å²) in [5.74, 6) is 1.02. The number of imidazole rings is 1. The number of H-pyrrole nitrogens is 1. The van der Waals surface area contributed by atoms with Crippen molar-refractivity contribution < 1.29 is 22.7 Å². The molecular formula is C25H21F3N2O2. The maximum atomic E-state index is 12.2. The van der Waals surface area contributed by atoms with Crippen LogP contribution in [0.2, 0.25) is 0 Å². The number of fused-ring (bicyclic) bond motifs is 1. The van der Waals surface area contributed by atoms with Gasteiger partial charge in [0.05, 0.1) is 11.0 Å². The Kier molecular flexibility index (Phi) is 5.99. The van der Waals surface area contributed by atoms with E-state index in [1.807, 2.05) is 42.5 Å². The zero-order valence-corrected chi connectivity index (χ0v) is 17.4. The highest BCUT2D eigenvalue weighted by Gasteiger charge is 2.28. The highest BCUT2D eigenvalue weighted by molar-refractivity contribution is 6.01. The van der Waals surface area contributed by atoms with E-state index in [4.69, 9.17) is 4.74 Å². The van der Waals surface area contributed by atoms with Crippen molar-refractivity contribution in [3.63, 3.8) is 0 Å². The summed E-state index contributed by atoms with van der Waals surface area (Å²) in [5, 5.41) is 0. The van der Waals surface area contributed by atoms with Crippen molar-refractivity contribution in [1.82, 2.24) is 9.97 Å². The Labute approximate surface area is 183 Å². The van der Waals surface area contributed by atoms with Gasteiger partial charge in [0.2, 0.25) is 0 Å². The van der Waals surface area contributed by atoms with Gasteiger partial charge in [-0.15, -0.1) is 0 Å². The quantitative estimate of drug-likeness (QED) is 0.352. The fourth-order valence-electron chi connectivity index (χ4n) is 3.57. The number of rotatable bonds is 7. The number of aromatic nitrogens is 2. The molecule has 0 unspecified atom stereocenters. The highest BCUT2D eigenvalue weighted by Crippen LogP contribution is 2.27. The molecule has 0 saturated heterocycles. The Morgan fingerprint density at radius 3 is 2.47 bits per heavy atom. The van der Waals surface area contributed by atoms with Crippen LogP contribution in [0.3, 0.4) is 0 Å². The average Bonchev–Trinajstić information content (AvgIpc) is 3.18. The van der Waals surface area contributed by atoms with Crippen molar-refractivity contribution in [3.8, 4) is 16.9 Å². The van der Waals surface area contributed by atoms with E-state index >= 15 is 0 Å². The van der Waals surface area contributed by atoms with Crippen LogP contribution in [0, 0.1) is 0 Å². The molecule has 0 bridgehead atoms. The van der Waals surface area contributed by atoms with E-state index in [0.717, 1.165) is 33.5 Å². The minimum Gasteiger partial charge on any atom is -0.484 e. The van der Waals surface area contributed by atoms with E-state index in [-0.39, 0.29) is 11.5 Å². The minimum atomic E-state index is -4.35. The van der Waals surface area contributed by atoms with Crippen LogP contribution in [-0.2, 0) is 12.8 Å². The van der Waals surface area contributed by atoms with Crippen LogP contribution >= 0.6 is 0 Å². The number of carbonyl (C=O) groups is 1. The third-order valence-electron chi connectivity index (χ3n) is 5.12. The Hall–Kier alpha value is -3.61. The summed E-state index contributed by atoms with van der Waals surface area (Å²) < 4.78 is 41.5. The van der Waals surface area contributed by atoms with Crippen molar-refractivity contribution in [2.45, 2.75) is 25.9 Å². The van der Waals surface area contributed by atoms with Crippen LogP contribution < -0.4 is 4.74 Å². The Bertz CT molecular complexity index is 1240. The largest absolute Gasteiger partial charge is 0.484 e. The Morgan fingerprint density at radius 2 is 1.75 bits per heavy atom. The molecule has 0 atom stereocenters. The van der Waals surface area contributed by atoms with E-state index in [1.54, 1.807) is 31.2 Å². The maximum Gasteiger partial charge on any atom is 0.422 e. The van der Waals surface area contributed by atoms with E-state index in [1.165, 1.54) is 0 Å². The molecule has 32 heavy (non-hydrogen) atoms. The van der Waals surface area contributed by atoms with Crippen molar-refractivity contribution in [2.24, 2.45) is 0 Å². The molecule has 3 aromatic carbocycles. The molecule has 1 heterocycles. The summed E-state index contributed by atoms with van der Waals surface area (Å²) in [4.78, 5) is 19.9. The van der Waals surface area contributed by atoms with Gasteiger partial charge >= 0.3 is 6.18 Å². The summed E-state index contributed by atoms with van der Waals surface area (Å²) in [7, 11) is 0. The molecule has 164 valence electrons. The van der Waals surface area contributed by atoms with Crippen molar-refractivity contribution >= 4 is 16.8 Å². The van der Waals surface area contributed by atoms with Crippen LogP contribution in [0.1, 0.15) is 28.7 Å². The van der Waals surface area contributed by atoms with Crippen LogP contribution in [0.15, 0.2) is 66.7 Å². The second-order valence-corrected chi connectivity index (χ2v) is 7.56. The maximum absolute atomic E-state index is 12.2. The first-order chi connectivity index (χ1) is 15.3. The van der Waals surface area contributed by atoms with Crippen LogP contribution in [0.5, 0.6) is 5.75 Å². The molecule has 0 amide bonds. The van der Waals surface area contributed by atoms with Gasteiger partial charge in [0, 0.05) is 12.0 Å². The number of ether oxygens (including phenoxy) is 1. The van der Waals surface area contributed by atoms with Crippen LogP contribution in [0.25, 0.3) is 22.2 Å². The minimum absolute atomic E-state index is 0.0146. The monoisotopic (exact) mass is 438 g/mol. The summed E-state index contributed by atoms with van der Waals surface area (Å²) in [6.45, 7) is 0.255. The van der Waals surface area contributed by atoms with Gasteiger partial charge in [0.15, 0.2) is 12.4 Å². The van der Waals surface area contributed by atoms with Gasteiger partial charge < -0.3 is 9.72 Å². The fourth-order valence-corrected chi connectivity index (χ4v) is 3.57. The molecule has 0 fully saturated rings. The summed E-state index contributed by atoms with van der Waals surface area (Å²) in [5.41, 5.74) is 5.18. The highest BCUT2D eigenvalue weighted by atomic mass is 19.4. The van der Waals surface area contributed by atoms with Gasteiger partial charge in [-0.1, -0.05) is 42.5 Å². The molecule has 0 aliphatic heterocycles. The summed E-state index contributed by atoms with van der Waals surface area (Å²) >= 11 is 0. The molecule has 0 aliphatic carbocycles. The SMILES string of the molecule is CC(=O)c1ccccc1-c1ccc2nc(CCc3ccc(OCC(F)(F)F)cc3)[nH]c2c1. The normalized spacial score (nSPS) is 11.6. The first-order valence-corrected chi connectivity index (χ1v) is 10.2. The number of ketones is 1. The third-order valence-corrected chi connectivity index (χ3v) is 5.12. The topological polar surface area (TPSA) is 55.0 Å². The van der Waals surface area contributed by atoms with Crippen molar-refractivity contribution in [1.29, 1.82) is 0 Å². The van der Waals surface area contributed by atoms with E-state index in [2.05, 4.69) is 9.97 Å². The number of hydrogen-bond acceptors (Lipinski definition) is 3. The van der Waals surface area contributed by atoms with E-state index in [0.29, 0.717) is 18.4 Å². The number of nitrogens with one attached hydrogen (secondary N) is 1. The zero-order valence-electron chi connectivity index (χ0n) is 17.4. The predicted molar refractivity (Wildman–Crippen MR) is 117 cm³/mol. The van der Waals surface area contributed by atoms with Crippen molar-refractivity contribution in [3.05, 3.63) is 83.7 Å². The molecule has 4 nitrogen and oxygen atoms in total. The Morgan fingerprint density at radius 1 is 1.00 bits per heavy atom. The van der Waals surface area contributed by atoms with Gasteiger partial charge in [-0.3, -0.25) is 4.79 Å². The molecule has 0 aliphatic rings. The molecule has 0 saturated carbocycles. The molecule has 0 spiro atoms. The molecule has 1 aromatic heterocycles. The molecule has 0 radical (unpaired) electrons. The van der Waals surface area contributed by atoms with Crippen LogP contribution in [0.4, 0.5) is 13.2 Å². The number of halogens is 3. The number of Topliss-reactive ketones (excluding diaryl/α,β-unsaturated/α-hetero) is 1. The lowest BCUT2D eigenvalue weighted by Crippen LogP contribution is -2.19. The van der Waals surface area contributed by atoms with Crippen LogP contribution in [-0.4, -0.2) is 28.5 Å². The second-order valence-electron chi connectivity index (χ2n) is 7.56. The van der Waals surface area contributed by atoms with Gasteiger partial charge in [0.25, 0.3) is 0 Å². The summed E-state index contributed by atoms with van der Waals surface area (Å²) in [6, 6.07) is 20.0. The third kappa shape index (κ3) is 5.17. The fraction of sp³-hybridized carbons (Fsp3) is 0.200. The van der Waals surface area contributed by atoms with Gasteiger partial charge in [-0.25, -0.2) is 4.98 Å². The van der Waals surface area contributed by atoms with Crippen molar-refractivity contribution in [2.75, 3.05) is 6.61 Å². The molecule has 7 heteroatoms. The standard InChI is InChI=1S/C25H21F3N2O2/c1-16(31)20-4-2-3-5-21(20)18-9-12-22-23(14-18)30-24(29-22)13-8-17-6-10-19(11-7-17)32-15-25(26,27)28/h2-7,9-12,14H,8,13,15H2,1H3,(H,29,30). The first-order valence-electron chi connectivity index (χ1n) is 10.2. The van der Waals surface area contributed by atoms with Gasteiger partial charge in [0.1, 0.15) is 11.6 Å². The number of hydrogen-bond donors (Lipinski definition) is 1. The summed E-state index contributed by atoms with van der Waals surface area (Å²) in [6.07, 6.45) is -3.02. The number of nitrogens with zero attached hydrogens (tertiary/aromatic N) is 1. The lowest BCUT2D eigenvalue weighted by molar-refractivity contribution is -0.153. The van der Waals surface area contributed by atoms with E-state index < -0.39 is 12.8 Å². The molecule has 4 aromatic rings. The molecule has 1 N–H and O–H groups in total. The van der Waals surface area contributed by atoms with Gasteiger partial charge in [-0.05, 0) is 54.3 Å². The van der Waals surface area contributed by atoms with Gasteiger partial charge in [-0.2, -0.15) is 13.2 Å². The predicted octanol–water partition coefficient (Wildman–Crippen LogP) is 6.16. The number of carbonyl (C=O) groups excluding carboxylic acids is 1. The Balaban J connectivity index is 1.45. The number of benzene rings is 3. The second kappa shape index (κ2) is 8.86. The first kappa shape index (κ1) is 21.6. The van der Waals surface area contributed by atoms with E-state index in [9.17, 15) is 18.0 Å². The lowest BCUT2D eigenvalue weighted by atomic mass is 9.97. The zero-order chi connectivity index (χ0) is 22.7. The molecular weight excluding hydrogens is 417 g/mol. The number of aromatic amines is 1. The smallest absolute Gasteiger partial charge is 0.422 e.